The van der Waals surface area contributed by atoms with Gasteiger partial charge in [0.2, 0.25) is 0 Å². The predicted octanol–water partition coefficient (Wildman–Crippen LogP) is 2.19. The number of carbonyl (C=O) groups is 2. The van der Waals surface area contributed by atoms with Crippen molar-refractivity contribution in [2.24, 2.45) is 0 Å². The van der Waals surface area contributed by atoms with E-state index in [-0.39, 0.29) is 17.3 Å². The van der Waals surface area contributed by atoms with Crippen LogP contribution in [0.3, 0.4) is 0 Å². The summed E-state index contributed by atoms with van der Waals surface area (Å²) in [7, 11) is 1.46. The van der Waals surface area contributed by atoms with Gasteiger partial charge in [-0.3, -0.25) is 0 Å². The Bertz CT molecular complexity index is 554. The molecule has 0 fully saturated rings. The first-order chi connectivity index (χ1) is 9.61. The Labute approximate surface area is 116 Å². The number of nitrogens with zero attached hydrogens (tertiary/aromatic N) is 1. The number of amides is 2. The largest absolute Gasteiger partial charge is 0.497 e. The zero-order valence-electron chi connectivity index (χ0n) is 11.1. The van der Waals surface area contributed by atoms with E-state index in [1.807, 2.05) is 12.2 Å². The van der Waals surface area contributed by atoms with Crippen LogP contribution in [0, 0.1) is 0 Å². The molecule has 0 radical (unpaired) electrons. The van der Waals surface area contributed by atoms with Gasteiger partial charge in [-0.05, 0) is 24.6 Å². The highest BCUT2D eigenvalue weighted by Gasteiger charge is 2.18. The summed E-state index contributed by atoms with van der Waals surface area (Å²) < 4.78 is 4.99. The standard InChI is InChI=1S/C14H16N2O4/c1-20-10-5-6-12(11(9-10)13(17)18)15-14(19)16-7-3-2-4-8-16/h2-3,5-6,9H,4,7-8H2,1H3,(H,15,19)(H,17,18). The number of aromatic carboxylic acids is 1. The van der Waals surface area contributed by atoms with Gasteiger partial charge in [-0.15, -0.1) is 0 Å². The van der Waals surface area contributed by atoms with Crippen molar-refractivity contribution in [2.75, 3.05) is 25.5 Å². The molecule has 0 aromatic heterocycles. The van der Waals surface area contributed by atoms with E-state index in [0.717, 1.165) is 6.42 Å². The number of benzene rings is 1. The van der Waals surface area contributed by atoms with Crippen LogP contribution in [0.2, 0.25) is 0 Å². The summed E-state index contributed by atoms with van der Waals surface area (Å²) >= 11 is 0. The monoisotopic (exact) mass is 276 g/mol. The van der Waals surface area contributed by atoms with E-state index >= 15 is 0 Å². The first-order valence-corrected chi connectivity index (χ1v) is 6.24. The van der Waals surface area contributed by atoms with Crippen molar-refractivity contribution in [3.63, 3.8) is 0 Å². The zero-order chi connectivity index (χ0) is 14.5. The van der Waals surface area contributed by atoms with Crippen molar-refractivity contribution in [3.05, 3.63) is 35.9 Å². The number of carboxylic acids is 1. The average Bonchev–Trinajstić information content (AvgIpc) is 2.48. The minimum Gasteiger partial charge on any atom is -0.497 e. The molecule has 1 aromatic carbocycles. The van der Waals surface area contributed by atoms with E-state index in [4.69, 9.17) is 4.74 Å². The van der Waals surface area contributed by atoms with Crippen molar-refractivity contribution in [3.8, 4) is 5.75 Å². The van der Waals surface area contributed by atoms with Gasteiger partial charge in [0.15, 0.2) is 0 Å². The van der Waals surface area contributed by atoms with Crippen LogP contribution in [0.1, 0.15) is 16.8 Å². The predicted molar refractivity (Wildman–Crippen MR) is 74.3 cm³/mol. The normalized spacial score (nSPS) is 13.9. The third-order valence-corrected chi connectivity index (χ3v) is 3.04. The van der Waals surface area contributed by atoms with Gasteiger partial charge in [0.25, 0.3) is 0 Å². The molecule has 106 valence electrons. The number of methoxy groups -OCH3 is 1. The molecule has 0 spiro atoms. The van der Waals surface area contributed by atoms with Gasteiger partial charge in [0.05, 0.1) is 18.4 Å². The Kier molecular flexibility index (Phi) is 4.24. The van der Waals surface area contributed by atoms with Gasteiger partial charge in [-0.1, -0.05) is 12.2 Å². The van der Waals surface area contributed by atoms with Crippen molar-refractivity contribution >= 4 is 17.7 Å². The second-order valence-corrected chi connectivity index (χ2v) is 4.35. The minimum absolute atomic E-state index is 0.00486. The van der Waals surface area contributed by atoms with Gasteiger partial charge in [-0.25, -0.2) is 9.59 Å². The van der Waals surface area contributed by atoms with Crippen LogP contribution < -0.4 is 10.1 Å². The Morgan fingerprint density at radius 1 is 1.35 bits per heavy atom. The lowest BCUT2D eigenvalue weighted by Crippen LogP contribution is -2.37. The molecule has 6 nitrogen and oxygen atoms in total. The number of carbonyl (C=O) groups excluding carboxylic acids is 1. The van der Waals surface area contributed by atoms with Crippen LogP contribution in [-0.2, 0) is 0 Å². The number of hydrogen-bond acceptors (Lipinski definition) is 3. The molecule has 0 saturated heterocycles. The van der Waals surface area contributed by atoms with Crippen LogP contribution >= 0.6 is 0 Å². The molecule has 20 heavy (non-hydrogen) atoms. The first kappa shape index (κ1) is 13.9. The fraction of sp³-hybridized carbons (Fsp3) is 0.286. The summed E-state index contributed by atoms with van der Waals surface area (Å²) in [4.78, 5) is 24.9. The van der Waals surface area contributed by atoms with Crippen LogP contribution in [0.4, 0.5) is 10.5 Å². The molecule has 0 bridgehead atoms. The maximum Gasteiger partial charge on any atom is 0.337 e. The minimum atomic E-state index is -1.11. The lowest BCUT2D eigenvalue weighted by atomic mass is 10.1. The van der Waals surface area contributed by atoms with Crippen LogP contribution in [0.15, 0.2) is 30.4 Å². The van der Waals surface area contributed by atoms with E-state index < -0.39 is 5.97 Å². The number of urea groups is 1. The Morgan fingerprint density at radius 2 is 2.15 bits per heavy atom. The number of anilines is 1. The molecule has 2 amide bonds. The SMILES string of the molecule is COc1ccc(NC(=O)N2CC=CCC2)c(C(=O)O)c1. The number of ether oxygens (including phenoxy) is 1. The Balaban J connectivity index is 2.17. The number of nitrogens with one attached hydrogen (secondary N) is 1. The topological polar surface area (TPSA) is 78.9 Å². The van der Waals surface area contributed by atoms with E-state index in [1.165, 1.54) is 19.2 Å². The van der Waals surface area contributed by atoms with Gasteiger partial charge in [0.1, 0.15) is 5.75 Å². The average molecular weight is 276 g/mol. The molecule has 1 heterocycles. The summed E-state index contributed by atoms with van der Waals surface area (Å²) in [6, 6.07) is 4.22. The fourth-order valence-electron chi connectivity index (χ4n) is 1.96. The molecular weight excluding hydrogens is 260 g/mol. The molecule has 0 saturated carbocycles. The highest BCUT2D eigenvalue weighted by molar-refractivity contribution is 6.00. The fourth-order valence-corrected chi connectivity index (χ4v) is 1.96. The van der Waals surface area contributed by atoms with Crippen LogP contribution in [0.25, 0.3) is 0 Å². The van der Waals surface area contributed by atoms with E-state index in [2.05, 4.69) is 5.32 Å². The van der Waals surface area contributed by atoms with Gasteiger partial charge in [-0.2, -0.15) is 0 Å². The lowest BCUT2D eigenvalue weighted by molar-refractivity contribution is 0.0697. The third kappa shape index (κ3) is 3.09. The third-order valence-electron chi connectivity index (χ3n) is 3.04. The molecule has 1 aliphatic rings. The molecular formula is C14H16N2O4. The Hall–Kier alpha value is -2.50. The van der Waals surface area contributed by atoms with Gasteiger partial charge < -0.3 is 20.1 Å². The van der Waals surface area contributed by atoms with E-state index in [9.17, 15) is 14.7 Å². The van der Waals surface area contributed by atoms with Gasteiger partial charge in [0, 0.05) is 13.1 Å². The van der Waals surface area contributed by atoms with E-state index in [0.29, 0.717) is 18.8 Å². The summed E-state index contributed by atoms with van der Waals surface area (Å²) in [6.45, 7) is 1.16. The van der Waals surface area contributed by atoms with Crippen LogP contribution in [0.5, 0.6) is 5.75 Å². The van der Waals surface area contributed by atoms with Crippen LogP contribution in [-0.4, -0.2) is 42.2 Å². The first-order valence-electron chi connectivity index (χ1n) is 6.24. The van der Waals surface area contributed by atoms with Crippen molar-refractivity contribution < 1.29 is 19.4 Å². The molecule has 1 aliphatic heterocycles. The highest BCUT2D eigenvalue weighted by Crippen LogP contribution is 2.22. The molecule has 6 heteroatoms. The maximum atomic E-state index is 12.1. The summed E-state index contributed by atoms with van der Waals surface area (Å²) in [5.74, 6) is -0.681. The molecule has 2 rings (SSSR count). The molecule has 1 aromatic rings. The maximum absolute atomic E-state index is 12.1. The second-order valence-electron chi connectivity index (χ2n) is 4.35. The molecule has 2 N–H and O–H groups in total. The summed E-state index contributed by atoms with van der Waals surface area (Å²) in [5, 5.41) is 11.8. The second kappa shape index (κ2) is 6.10. The summed E-state index contributed by atoms with van der Waals surface area (Å²) in [5.41, 5.74) is 0.267. The lowest BCUT2D eigenvalue weighted by Gasteiger charge is -2.24. The molecule has 0 aliphatic carbocycles. The van der Waals surface area contributed by atoms with E-state index in [1.54, 1.807) is 11.0 Å². The number of hydrogen-bond donors (Lipinski definition) is 2. The smallest absolute Gasteiger partial charge is 0.337 e. The van der Waals surface area contributed by atoms with Crippen molar-refractivity contribution in [2.45, 2.75) is 6.42 Å². The van der Waals surface area contributed by atoms with Crippen molar-refractivity contribution in [1.82, 2.24) is 4.90 Å². The van der Waals surface area contributed by atoms with Gasteiger partial charge >= 0.3 is 12.0 Å². The Morgan fingerprint density at radius 3 is 2.75 bits per heavy atom. The highest BCUT2D eigenvalue weighted by atomic mass is 16.5. The molecule has 0 unspecified atom stereocenters. The van der Waals surface area contributed by atoms with Crippen molar-refractivity contribution in [1.29, 1.82) is 0 Å². The zero-order valence-corrected chi connectivity index (χ0v) is 11.1. The number of carboxylic acid groups (broad SMARTS) is 1. The quantitative estimate of drug-likeness (QED) is 0.829. The summed E-state index contributed by atoms with van der Waals surface area (Å²) in [6.07, 6.45) is 4.73. The number of rotatable bonds is 3. The molecule has 0 atom stereocenters.